The fraction of sp³-hybridized carbons (Fsp3) is 0.765. The molecular formula is C17H28N4O2. The molecule has 0 spiro atoms. The highest BCUT2D eigenvalue weighted by Gasteiger charge is 2.33. The largest absolute Gasteiger partial charge is 0.385 e. The van der Waals surface area contributed by atoms with Crippen LogP contribution in [0.25, 0.3) is 0 Å². The predicted molar refractivity (Wildman–Crippen MR) is 87.7 cm³/mol. The van der Waals surface area contributed by atoms with Crippen molar-refractivity contribution in [1.82, 2.24) is 19.4 Å². The first-order chi connectivity index (χ1) is 11.1. The molecule has 0 bridgehead atoms. The molecular weight excluding hydrogens is 292 g/mol. The molecule has 1 aliphatic heterocycles. The summed E-state index contributed by atoms with van der Waals surface area (Å²) >= 11 is 0. The van der Waals surface area contributed by atoms with Crippen LogP contribution in [0.2, 0.25) is 0 Å². The molecule has 6 nitrogen and oxygen atoms in total. The number of nitrogens with zero attached hydrogens (tertiary/aromatic N) is 4. The van der Waals surface area contributed by atoms with Crippen molar-refractivity contribution >= 4 is 5.91 Å². The molecule has 1 aliphatic carbocycles. The van der Waals surface area contributed by atoms with Gasteiger partial charge in [-0.05, 0) is 32.2 Å². The van der Waals surface area contributed by atoms with Crippen molar-refractivity contribution in [3.63, 3.8) is 0 Å². The Labute approximate surface area is 138 Å². The second-order valence-corrected chi connectivity index (χ2v) is 6.88. The standard InChI is InChI=1S/C17H28N4O2/c1-3-20(14-6-7-14)12-15(22)21-9-4-5-13(11-21)16(23)17-18-8-10-19(17)2/h8,10,13-14,16,23H,3-7,9,11-12H2,1-2H3. The molecule has 1 N–H and O–H groups in total. The summed E-state index contributed by atoms with van der Waals surface area (Å²) in [5.74, 6) is 0.970. The van der Waals surface area contributed by atoms with Crippen LogP contribution in [-0.4, -0.2) is 62.6 Å². The van der Waals surface area contributed by atoms with Gasteiger partial charge in [-0.2, -0.15) is 0 Å². The predicted octanol–water partition coefficient (Wildman–Crippen LogP) is 1.18. The lowest BCUT2D eigenvalue weighted by Crippen LogP contribution is -2.46. The van der Waals surface area contributed by atoms with Gasteiger partial charge in [0.2, 0.25) is 5.91 Å². The average Bonchev–Trinajstić information content (AvgIpc) is 3.33. The minimum absolute atomic E-state index is 0.0739. The molecule has 0 radical (unpaired) electrons. The van der Waals surface area contributed by atoms with Crippen molar-refractivity contribution in [1.29, 1.82) is 0 Å². The van der Waals surface area contributed by atoms with Crippen LogP contribution in [0.5, 0.6) is 0 Å². The SMILES string of the molecule is CCN(CC(=O)N1CCCC(C(O)c2nccn2C)C1)C1CC1. The molecule has 2 aliphatic rings. The van der Waals surface area contributed by atoms with E-state index in [1.54, 1.807) is 6.20 Å². The van der Waals surface area contributed by atoms with Crippen molar-refractivity contribution in [3.05, 3.63) is 18.2 Å². The number of amides is 1. The zero-order valence-electron chi connectivity index (χ0n) is 14.2. The van der Waals surface area contributed by atoms with E-state index < -0.39 is 6.10 Å². The Morgan fingerprint density at radius 3 is 2.87 bits per heavy atom. The number of likely N-dealkylation sites (tertiary alicyclic amines) is 1. The van der Waals surface area contributed by atoms with Crippen molar-refractivity contribution in [2.45, 2.75) is 44.8 Å². The topological polar surface area (TPSA) is 61.6 Å². The number of piperidine rings is 1. The van der Waals surface area contributed by atoms with Crippen LogP contribution >= 0.6 is 0 Å². The molecule has 1 saturated heterocycles. The fourth-order valence-corrected chi connectivity index (χ4v) is 3.58. The van der Waals surface area contributed by atoms with Gasteiger partial charge in [0.1, 0.15) is 11.9 Å². The molecule has 6 heteroatoms. The molecule has 128 valence electrons. The fourth-order valence-electron chi connectivity index (χ4n) is 3.58. The monoisotopic (exact) mass is 320 g/mol. The Hall–Kier alpha value is -1.40. The molecule has 2 unspecified atom stereocenters. The van der Waals surface area contributed by atoms with Crippen LogP contribution in [0.15, 0.2) is 12.4 Å². The first-order valence-corrected chi connectivity index (χ1v) is 8.77. The van der Waals surface area contributed by atoms with Gasteiger partial charge >= 0.3 is 0 Å². The highest BCUT2D eigenvalue weighted by atomic mass is 16.3. The minimum Gasteiger partial charge on any atom is -0.385 e. The maximum absolute atomic E-state index is 12.6. The van der Waals surface area contributed by atoms with Gasteiger partial charge in [0.05, 0.1) is 6.54 Å². The highest BCUT2D eigenvalue weighted by Crippen LogP contribution is 2.30. The summed E-state index contributed by atoms with van der Waals surface area (Å²) in [6.07, 6.45) is 7.29. The van der Waals surface area contributed by atoms with Gasteiger partial charge in [-0.1, -0.05) is 6.92 Å². The molecule has 2 heterocycles. The summed E-state index contributed by atoms with van der Waals surface area (Å²) in [6, 6.07) is 0.614. The number of imidazole rings is 1. The van der Waals surface area contributed by atoms with Gasteiger partial charge in [0.25, 0.3) is 0 Å². The lowest BCUT2D eigenvalue weighted by molar-refractivity contribution is -0.135. The summed E-state index contributed by atoms with van der Waals surface area (Å²) in [5.41, 5.74) is 0. The summed E-state index contributed by atoms with van der Waals surface area (Å²) in [5, 5.41) is 10.6. The zero-order valence-corrected chi connectivity index (χ0v) is 14.2. The van der Waals surface area contributed by atoms with Crippen molar-refractivity contribution < 1.29 is 9.90 Å². The lowest BCUT2D eigenvalue weighted by atomic mass is 9.92. The molecule has 1 aromatic heterocycles. The number of carbonyl (C=O) groups is 1. The number of aliphatic hydroxyl groups excluding tert-OH is 1. The Morgan fingerprint density at radius 1 is 1.48 bits per heavy atom. The van der Waals surface area contributed by atoms with E-state index in [4.69, 9.17) is 0 Å². The molecule has 3 rings (SSSR count). The molecule has 1 aromatic rings. The quantitative estimate of drug-likeness (QED) is 0.855. The Bertz CT molecular complexity index is 540. The van der Waals surface area contributed by atoms with Crippen molar-refractivity contribution in [2.24, 2.45) is 13.0 Å². The first-order valence-electron chi connectivity index (χ1n) is 8.77. The van der Waals surface area contributed by atoms with Gasteiger partial charge in [-0.3, -0.25) is 9.69 Å². The number of likely N-dealkylation sites (N-methyl/N-ethyl adjacent to an activating group) is 1. The van der Waals surface area contributed by atoms with E-state index in [2.05, 4.69) is 16.8 Å². The third-order valence-electron chi connectivity index (χ3n) is 5.19. The maximum atomic E-state index is 12.6. The zero-order chi connectivity index (χ0) is 16.4. The van der Waals surface area contributed by atoms with E-state index in [0.29, 0.717) is 25.0 Å². The molecule has 1 amide bonds. The van der Waals surface area contributed by atoms with E-state index in [-0.39, 0.29) is 11.8 Å². The summed E-state index contributed by atoms with van der Waals surface area (Å²) in [4.78, 5) is 21.1. The number of rotatable bonds is 6. The van der Waals surface area contributed by atoms with Crippen LogP contribution in [0, 0.1) is 5.92 Å². The van der Waals surface area contributed by atoms with E-state index in [1.165, 1.54) is 12.8 Å². The molecule has 1 saturated carbocycles. The van der Waals surface area contributed by atoms with E-state index >= 15 is 0 Å². The van der Waals surface area contributed by atoms with Crippen LogP contribution in [0.3, 0.4) is 0 Å². The van der Waals surface area contributed by atoms with Gasteiger partial charge < -0.3 is 14.6 Å². The van der Waals surface area contributed by atoms with Crippen LogP contribution < -0.4 is 0 Å². The highest BCUT2D eigenvalue weighted by molar-refractivity contribution is 5.78. The van der Waals surface area contributed by atoms with Gasteiger partial charge in [0, 0.05) is 44.5 Å². The number of hydrogen-bond donors (Lipinski definition) is 1. The lowest BCUT2D eigenvalue weighted by Gasteiger charge is -2.36. The smallest absolute Gasteiger partial charge is 0.236 e. The number of aromatic nitrogens is 2. The Morgan fingerprint density at radius 2 is 2.26 bits per heavy atom. The van der Waals surface area contributed by atoms with E-state index in [9.17, 15) is 9.90 Å². The Kier molecular flexibility index (Phi) is 5.02. The number of hydrogen-bond acceptors (Lipinski definition) is 4. The summed E-state index contributed by atoms with van der Waals surface area (Å²) in [7, 11) is 1.89. The third kappa shape index (κ3) is 3.75. The minimum atomic E-state index is -0.601. The van der Waals surface area contributed by atoms with Crippen molar-refractivity contribution in [2.75, 3.05) is 26.2 Å². The number of aliphatic hydroxyl groups is 1. The third-order valence-corrected chi connectivity index (χ3v) is 5.19. The summed E-state index contributed by atoms with van der Waals surface area (Å²) < 4.78 is 1.86. The van der Waals surface area contributed by atoms with Gasteiger partial charge in [0.15, 0.2) is 0 Å². The number of carbonyl (C=O) groups excluding carboxylic acids is 1. The van der Waals surface area contributed by atoms with Crippen LogP contribution in [0.1, 0.15) is 44.5 Å². The van der Waals surface area contributed by atoms with Crippen LogP contribution in [0.4, 0.5) is 0 Å². The second-order valence-electron chi connectivity index (χ2n) is 6.88. The van der Waals surface area contributed by atoms with Gasteiger partial charge in [-0.15, -0.1) is 0 Å². The average molecular weight is 320 g/mol. The van der Waals surface area contributed by atoms with E-state index in [1.807, 2.05) is 22.7 Å². The first kappa shape index (κ1) is 16.5. The van der Waals surface area contributed by atoms with E-state index in [0.717, 1.165) is 25.9 Å². The Balaban J connectivity index is 1.59. The molecule has 0 aromatic carbocycles. The second kappa shape index (κ2) is 7.01. The molecule has 2 fully saturated rings. The molecule has 23 heavy (non-hydrogen) atoms. The van der Waals surface area contributed by atoms with Crippen molar-refractivity contribution in [3.8, 4) is 0 Å². The van der Waals surface area contributed by atoms with Crippen LogP contribution in [-0.2, 0) is 11.8 Å². The maximum Gasteiger partial charge on any atom is 0.236 e. The number of aryl methyl sites for hydroxylation is 1. The van der Waals surface area contributed by atoms with Gasteiger partial charge in [-0.25, -0.2) is 4.98 Å². The molecule has 2 atom stereocenters. The summed E-state index contributed by atoms with van der Waals surface area (Å²) in [6.45, 7) is 5.02. The normalized spacial score (nSPS) is 23.3.